The second-order valence-electron chi connectivity index (χ2n) is 6.51. The number of aryl methyl sites for hydroxylation is 2. The molecule has 0 aliphatic carbocycles. The highest BCUT2D eigenvalue weighted by Crippen LogP contribution is 2.32. The fourth-order valence-electron chi connectivity index (χ4n) is 2.93. The van der Waals surface area contributed by atoms with Crippen molar-refractivity contribution >= 4 is 5.91 Å². The van der Waals surface area contributed by atoms with E-state index in [1.165, 1.54) is 0 Å². The van der Waals surface area contributed by atoms with Gasteiger partial charge in [0.15, 0.2) is 0 Å². The van der Waals surface area contributed by atoms with Crippen LogP contribution in [0.4, 0.5) is 0 Å². The van der Waals surface area contributed by atoms with Crippen LogP contribution in [0.15, 0.2) is 16.7 Å². The molecule has 3 rings (SSSR count). The van der Waals surface area contributed by atoms with E-state index in [1.807, 2.05) is 20.8 Å². The molecular weight excluding hydrogens is 296 g/mol. The van der Waals surface area contributed by atoms with E-state index in [1.54, 1.807) is 28.8 Å². The predicted octanol–water partition coefficient (Wildman–Crippen LogP) is 1.80. The Morgan fingerprint density at radius 3 is 2.74 bits per heavy atom. The van der Waals surface area contributed by atoms with Gasteiger partial charge in [0.1, 0.15) is 22.8 Å². The molecule has 2 aromatic heterocycles. The van der Waals surface area contributed by atoms with Crippen LogP contribution >= 0.6 is 0 Å². The molecule has 0 radical (unpaired) electrons. The lowest BCUT2D eigenvalue weighted by molar-refractivity contribution is 0.0381. The topological polar surface area (TPSA) is 84.4 Å². The highest BCUT2D eigenvalue weighted by Gasteiger charge is 2.42. The van der Waals surface area contributed by atoms with Crippen molar-refractivity contribution in [2.75, 3.05) is 13.1 Å². The molecule has 124 valence electrons. The molecule has 0 bridgehead atoms. The Morgan fingerprint density at radius 2 is 2.17 bits per heavy atom. The van der Waals surface area contributed by atoms with Crippen LogP contribution in [-0.2, 0) is 5.60 Å². The molecule has 1 aliphatic heterocycles. The molecule has 7 nitrogen and oxygen atoms in total. The fourth-order valence-corrected chi connectivity index (χ4v) is 2.93. The number of hydrogen-bond donors (Lipinski definition) is 1. The van der Waals surface area contributed by atoms with Crippen LogP contribution in [0.5, 0.6) is 0 Å². The summed E-state index contributed by atoms with van der Waals surface area (Å²) in [5.41, 5.74) is -0.0747. The Bertz CT molecular complexity index is 734. The van der Waals surface area contributed by atoms with E-state index >= 15 is 0 Å². The summed E-state index contributed by atoms with van der Waals surface area (Å²) in [4.78, 5) is 14.3. The van der Waals surface area contributed by atoms with Crippen LogP contribution < -0.4 is 0 Å². The van der Waals surface area contributed by atoms with Gasteiger partial charge in [-0.1, -0.05) is 5.21 Å². The highest BCUT2D eigenvalue weighted by atomic mass is 16.3. The second kappa shape index (κ2) is 5.49. The van der Waals surface area contributed by atoms with Crippen LogP contribution in [0.25, 0.3) is 0 Å². The molecule has 23 heavy (non-hydrogen) atoms. The summed E-state index contributed by atoms with van der Waals surface area (Å²) < 4.78 is 7.14. The van der Waals surface area contributed by atoms with Crippen molar-refractivity contribution < 1.29 is 14.3 Å². The van der Waals surface area contributed by atoms with Gasteiger partial charge >= 0.3 is 0 Å². The van der Waals surface area contributed by atoms with E-state index in [-0.39, 0.29) is 18.5 Å². The number of carbonyl (C=O) groups is 1. The minimum Gasteiger partial charge on any atom is -0.466 e. The zero-order valence-corrected chi connectivity index (χ0v) is 13.9. The molecule has 1 fully saturated rings. The molecule has 0 aromatic carbocycles. The van der Waals surface area contributed by atoms with Crippen molar-refractivity contribution in [3.63, 3.8) is 0 Å². The first kappa shape index (κ1) is 15.7. The second-order valence-corrected chi connectivity index (χ2v) is 6.51. The van der Waals surface area contributed by atoms with E-state index in [0.29, 0.717) is 35.7 Å². The molecule has 1 N–H and O–H groups in total. The van der Waals surface area contributed by atoms with Gasteiger partial charge in [0.05, 0.1) is 18.3 Å². The van der Waals surface area contributed by atoms with Crippen molar-refractivity contribution in [1.29, 1.82) is 0 Å². The number of likely N-dealkylation sites (tertiary alicyclic amines) is 1. The van der Waals surface area contributed by atoms with E-state index < -0.39 is 5.60 Å². The Hall–Kier alpha value is -2.15. The molecule has 1 saturated heterocycles. The number of rotatable bonds is 3. The minimum absolute atomic E-state index is 0.119. The lowest BCUT2D eigenvalue weighted by Crippen LogP contribution is -2.34. The summed E-state index contributed by atoms with van der Waals surface area (Å²) in [6.07, 6.45) is 2.21. The average molecular weight is 318 g/mol. The fraction of sp³-hybridized carbons (Fsp3) is 0.562. The van der Waals surface area contributed by atoms with Crippen LogP contribution in [0, 0.1) is 13.8 Å². The molecule has 3 heterocycles. The molecule has 0 spiro atoms. The van der Waals surface area contributed by atoms with Crippen molar-refractivity contribution in [2.45, 2.75) is 45.8 Å². The predicted molar refractivity (Wildman–Crippen MR) is 83.0 cm³/mol. The molecule has 2 aromatic rings. The lowest BCUT2D eigenvalue weighted by Gasteiger charge is -2.21. The summed E-state index contributed by atoms with van der Waals surface area (Å²) in [5, 5.41) is 19.0. The van der Waals surface area contributed by atoms with Gasteiger partial charge in [-0.2, -0.15) is 0 Å². The molecule has 7 heteroatoms. The molecular formula is C16H22N4O3. The van der Waals surface area contributed by atoms with Gasteiger partial charge in [-0.15, -0.1) is 5.10 Å². The smallest absolute Gasteiger partial charge is 0.257 e. The van der Waals surface area contributed by atoms with Gasteiger partial charge in [0.25, 0.3) is 5.91 Å². The Kier molecular flexibility index (Phi) is 3.75. The van der Waals surface area contributed by atoms with Gasteiger partial charge in [0.2, 0.25) is 0 Å². The molecule has 1 amide bonds. The summed E-state index contributed by atoms with van der Waals surface area (Å²) in [6, 6.07) is 1.92. The first-order valence-corrected chi connectivity index (χ1v) is 7.81. The van der Waals surface area contributed by atoms with Gasteiger partial charge in [-0.25, -0.2) is 4.68 Å². The number of hydrogen-bond acceptors (Lipinski definition) is 5. The number of aliphatic hydroxyl groups is 1. The maximum atomic E-state index is 12.6. The van der Waals surface area contributed by atoms with Crippen LogP contribution in [0.3, 0.4) is 0 Å². The van der Waals surface area contributed by atoms with E-state index in [4.69, 9.17) is 4.42 Å². The van der Waals surface area contributed by atoms with E-state index in [0.717, 1.165) is 0 Å². The monoisotopic (exact) mass is 318 g/mol. The Morgan fingerprint density at radius 1 is 1.43 bits per heavy atom. The third kappa shape index (κ3) is 2.76. The quantitative estimate of drug-likeness (QED) is 0.933. The van der Waals surface area contributed by atoms with Gasteiger partial charge in [-0.05, 0) is 33.8 Å². The lowest BCUT2D eigenvalue weighted by atomic mass is 10.00. The Labute approximate surface area is 134 Å². The van der Waals surface area contributed by atoms with Crippen molar-refractivity contribution in [3.8, 4) is 0 Å². The summed E-state index contributed by atoms with van der Waals surface area (Å²) in [6.45, 7) is 8.28. The van der Waals surface area contributed by atoms with Crippen LogP contribution in [0.2, 0.25) is 0 Å². The molecule has 1 atom stereocenters. The summed E-state index contributed by atoms with van der Waals surface area (Å²) in [7, 11) is 0. The maximum absolute atomic E-state index is 12.6. The van der Waals surface area contributed by atoms with Crippen LogP contribution in [-0.4, -0.2) is 44.0 Å². The van der Waals surface area contributed by atoms with Crippen LogP contribution in [0.1, 0.15) is 53.9 Å². The largest absolute Gasteiger partial charge is 0.466 e. The van der Waals surface area contributed by atoms with Crippen molar-refractivity contribution in [3.05, 3.63) is 35.0 Å². The number of carbonyl (C=O) groups excluding carboxylic acids is 1. The first-order valence-electron chi connectivity index (χ1n) is 7.81. The maximum Gasteiger partial charge on any atom is 0.257 e. The number of amides is 1. The summed E-state index contributed by atoms with van der Waals surface area (Å²) in [5.74, 6) is 1.19. The van der Waals surface area contributed by atoms with E-state index in [2.05, 4.69) is 10.3 Å². The van der Waals surface area contributed by atoms with Crippen molar-refractivity contribution in [1.82, 2.24) is 19.9 Å². The zero-order chi connectivity index (χ0) is 16.8. The third-order valence-corrected chi connectivity index (χ3v) is 4.32. The number of furan rings is 1. The number of nitrogens with zero attached hydrogens (tertiary/aromatic N) is 4. The highest BCUT2D eigenvalue weighted by molar-refractivity contribution is 5.95. The SMILES string of the molecule is Cc1cc(C(=O)N2CC[C@](O)(c3cn(C(C)C)nn3)C2)c(C)o1. The first-order chi connectivity index (χ1) is 10.8. The zero-order valence-electron chi connectivity index (χ0n) is 13.9. The van der Waals surface area contributed by atoms with Gasteiger partial charge in [-0.3, -0.25) is 4.79 Å². The van der Waals surface area contributed by atoms with Crippen molar-refractivity contribution in [2.24, 2.45) is 0 Å². The van der Waals surface area contributed by atoms with Gasteiger partial charge < -0.3 is 14.4 Å². The molecule has 1 aliphatic rings. The summed E-state index contributed by atoms with van der Waals surface area (Å²) >= 11 is 0. The third-order valence-electron chi connectivity index (χ3n) is 4.32. The normalized spacial score (nSPS) is 21.4. The number of aromatic nitrogens is 3. The standard InChI is InChI=1S/C16H22N4O3/c1-10(2)20-8-14(17-18-20)16(22)5-6-19(9-16)15(21)13-7-11(3)23-12(13)4/h7-8,10,22H,5-6,9H2,1-4H3/t16-/m1/s1. The van der Waals surface area contributed by atoms with E-state index in [9.17, 15) is 9.90 Å². The average Bonchev–Trinajstić information content (AvgIpc) is 3.17. The number of β-amino-alcohol motifs (C(OH)–C–C–N with tert-alkyl or cyclic N) is 1. The Balaban J connectivity index is 1.79. The van der Waals surface area contributed by atoms with Gasteiger partial charge in [0, 0.05) is 19.0 Å². The molecule has 0 saturated carbocycles. The minimum atomic E-state index is -1.14. The molecule has 0 unspecified atom stereocenters.